The first-order valence-electron chi connectivity index (χ1n) is 7.08. The lowest BCUT2D eigenvalue weighted by Crippen LogP contribution is -2.38. The van der Waals surface area contributed by atoms with Gasteiger partial charge in [0.05, 0.1) is 6.04 Å². The first kappa shape index (κ1) is 15.2. The standard InChI is InChI=1S/C17H24N2S/c1-12-8-5-6-9-15(12)17(13(2)18)19(4)14(3)16-10-7-11-20-16/h5-11,13-14,17H,18H2,1-4H3. The fourth-order valence-electron chi connectivity index (χ4n) is 2.76. The summed E-state index contributed by atoms with van der Waals surface area (Å²) in [6, 6.07) is 13.5. The van der Waals surface area contributed by atoms with Crippen molar-refractivity contribution in [3.63, 3.8) is 0 Å². The van der Waals surface area contributed by atoms with Crippen molar-refractivity contribution >= 4 is 11.3 Å². The van der Waals surface area contributed by atoms with Gasteiger partial charge in [0, 0.05) is 17.0 Å². The Bertz CT molecular complexity index is 534. The zero-order valence-corrected chi connectivity index (χ0v) is 13.5. The normalized spacial score (nSPS) is 16.1. The smallest absolute Gasteiger partial charge is 0.0502 e. The molecule has 1 aromatic heterocycles. The average molecular weight is 288 g/mol. The quantitative estimate of drug-likeness (QED) is 0.896. The molecule has 2 aromatic rings. The van der Waals surface area contributed by atoms with Crippen LogP contribution in [-0.2, 0) is 0 Å². The predicted octanol–water partition coefficient (Wildman–Crippen LogP) is 4.14. The van der Waals surface area contributed by atoms with Crippen LogP contribution in [-0.4, -0.2) is 18.0 Å². The van der Waals surface area contributed by atoms with Gasteiger partial charge in [-0.05, 0) is 50.4 Å². The second-order valence-corrected chi connectivity index (χ2v) is 6.50. The second kappa shape index (κ2) is 6.53. The molecule has 0 bridgehead atoms. The highest BCUT2D eigenvalue weighted by Crippen LogP contribution is 2.33. The zero-order valence-electron chi connectivity index (χ0n) is 12.7. The number of aryl methyl sites for hydroxylation is 1. The van der Waals surface area contributed by atoms with E-state index in [1.807, 2.05) is 0 Å². The third-order valence-corrected chi connectivity index (χ3v) is 5.05. The molecule has 0 aliphatic rings. The Balaban J connectivity index is 2.32. The molecule has 3 heteroatoms. The summed E-state index contributed by atoms with van der Waals surface area (Å²) in [7, 11) is 2.17. The molecule has 1 heterocycles. The van der Waals surface area contributed by atoms with Gasteiger partial charge in [-0.25, -0.2) is 0 Å². The zero-order chi connectivity index (χ0) is 14.7. The lowest BCUT2D eigenvalue weighted by molar-refractivity contribution is 0.167. The van der Waals surface area contributed by atoms with Crippen LogP contribution in [0.15, 0.2) is 41.8 Å². The number of thiophene rings is 1. The number of hydrogen-bond acceptors (Lipinski definition) is 3. The van der Waals surface area contributed by atoms with Crippen molar-refractivity contribution in [1.82, 2.24) is 4.90 Å². The molecule has 2 rings (SSSR count). The Morgan fingerprint density at radius 2 is 1.80 bits per heavy atom. The predicted molar refractivity (Wildman–Crippen MR) is 88.1 cm³/mol. The Labute approximate surface area is 126 Å². The van der Waals surface area contributed by atoms with Gasteiger partial charge in [0.25, 0.3) is 0 Å². The van der Waals surface area contributed by atoms with Crippen LogP contribution in [0.25, 0.3) is 0 Å². The van der Waals surface area contributed by atoms with Gasteiger partial charge in [-0.2, -0.15) is 0 Å². The van der Waals surface area contributed by atoms with Crippen LogP contribution < -0.4 is 5.73 Å². The lowest BCUT2D eigenvalue weighted by Gasteiger charge is -2.36. The summed E-state index contributed by atoms with van der Waals surface area (Å²) in [6.45, 7) is 6.50. The number of hydrogen-bond donors (Lipinski definition) is 1. The maximum absolute atomic E-state index is 6.29. The highest BCUT2D eigenvalue weighted by molar-refractivity contribution is 7.10. The van der Waals surface area contributed by atoms with Crippen molar-refractivity contribution in [2.75, 3.05) is 7.05 Å². The Morgan fingerprint density at radius 1 is 1.10 bits per heavy atom. The maximum Gasteiger partial charge on any atom is 0.0502 e. The van der Waals surface area contributed by atoms with E-state index in [4.69, 9.17) is 5.73 Å². The Hall–Kier alpha value is -1.16. The number of likely N-dealkylation sites (N-methyl/N-ethyl adjacent to an activating group) is 1. The third-order valence-electron chi connectivity index (χ3n) is 4.01. The van der Waals surface area contributed by atoms with Crippen molar-refractivity contribution in [2.45, 2.75) is 38.9 Å². The molecule has 0 fully saturated rings. The number of nitrogens with two attached hydrogens (primary N) is 1. The molecule has 0 radical (unpaired) electrons. The number of benzene rings is 1. The van der Waals surface area contributed by atoms with Crippen LogP contribution in [0.4, 0.5) is 0 Å². The molecule has 0 saturated heterocycles. The molecule has 0 spiro atoms. The van der Waals surface area contributed by atoms with E-state index in [-0.39, 0.29) is 12.1 Å². The monoisotopic (exact) mass is 288 g/mol. The molecule has 1 aromatic carbocycles. The summed E-state index contributed by atoms with van der Waals surface area (Å²) in [5, 5.41) is 2.13. The third kappa shape index (κ3) is 3.11. The minimum atomic E-state index is 0.0866. The first-order valence-corrected chi connectivity index (χ1v) is 7.96. The fourth-order valence-corrected chi connectivity index (χ4v) is 3.60. The second-order valence-electron chi connectivity index (χ2n) is 5.52. The maximum atomic E-state index is 6.29. The van der Waals surface area contributed by atoms with Gasteiger partial charge in [0.1, 0.15) is 0 Å². The van der Waals surface area contributed by atoms with Gasteiger partial charge in [0.15, 0.2) is 0 Å². The van der Waals surface area contributed by atoms with E-state index in [2.05, 4.69) is 74.5 Å². The summed E-state index contributed by atoms with van der Waals surface area (Å²) in [5.74, 6) is 0. The summed E-state index contributed by atoms with van der Waals surface area (Å²) < 4.78 is 0. The van der Waals surface area contributed by atoms with E-state index >= 15 is 0 Å². The van der Waals surface area contributed by atoms with E-state index in [1.165, 1.54) is 16.0 Å². The molecule has 2 nitrogen and oxygen atoms in total. The van der Waals surface area contributed by atoms with Gasteiger partial charge < -0.3 is 5.73 Å². The molecular weight excluding hydrogens is 264 g/mol. The SMILES string of the molecule is Cc1ccccc1C(C(C)N)N(C)C(C)c1cccs1. The Morgan fingerprint density at radius 3 is 2.35 bits per heavy atom. The molecule has 2 N–H and O–H groups in total. The van der Waals surface area contributed by atoms with Crippen molar-refractivity contribution < 1.29 is 0 Å². The highest BCUT2D eigenvalue weighted by Gasteiger charge is 2.26. The minimum Gasteiger partial charge on any atom is -0.326 e. The highest BCUT2D eigenvalue weighted by atomic mass is 32.1. The lowest BCUT2D eigenvalue weighted by atomic mass is 9.94. The van der Waals surface area contributed by atoms with Crippen molar-refractivity contribution in [2.24, 2.45) is 5.73 Å². The van der Waals surface area contributed by atoms with Gasteiger partial charge in [-0.1, -0.05) is 30.3 Å². The van der Waals surface area contributed by atoms with Crippen molar-refractivity contribution in [3.05, 3.63) is 57.8 Å². The van der Waals surface area contributed by atoms with E-state index < -0.39 is 0 Å². The molecule has 3 unspecified atom stereocenters. The van der Waals surface area contributed by atoms with Crippen molar-refractivity contribution in [3.8, 4) is 0 Å². The summed E-state index contributed by atoms with van der Waals surface area (Å²) in [5.41, 5.74) is 8.92. The van der Waals surface area contributed by atoms with Crippen LogP contribution in [0.5, 0.6) is 0 Å². The van der Waals surface area contributed by atoms with Gasteiger partial charge >= 0.3 is 0 Å². The summed E-state index contributed by atoms with van der Waals surface area (Å²) in [6.07, 6.45) is 0. The largest absolute Gasteiger partial charge is 0.326 e. The van der Waals surface area contributed by atoms with E-state index in [0.29, 0.717) is 6.04 Å². The molecule has 20 heavy (non-hydrogen) atoms. The van der Waals surface area contributed by atoms with Crippen LogP contribution in [0.3, 0.4) is 0 Å². The molecule has 0 amide bonds. The van der Waals surface area contributed by atoms with Crippen LogP contribution in [0.1, 0.15) is 41.9 Å². The minimum absolute atomic E-state index is 0.0866. The van der Waals surface area contributed by atoms with Crippen molar-refractivity contribution in [1.29, 1.82) is 0 Å². The van der Waals surface area contributed by atoms with Crippen LogP contribution >= 0.6 is 11.3 Å². The molecular formula is C17H24N2S. The summed E-state index contributed by atoms with van der Waals surface area (Å²) in [4.78, 5) is 3.77. The molecule has 0 aliphatic heterocycles. The van der Waals surface area contributed by atoms with Gasteiger partial charge in [-0.3, -0.25) is 4.90 Å². The van der Waals surface area contributed by atoms with E-state index in [1.54, 1.807) is 11.3 Å². The van der Waals surface area contributed by atoms with E-state index in [9.17, 15) is 0 Å². The van der Waals surface area contributed by atoms with E-state index in [0.717, 1.165) is 0 Å². The molecule has 3 atom stereocenters. The molecule has 108 valence electrons. The topological polar surface area (TPSA) is 29.3 Å². The van der Waals surface area contributed by atoms with Crippen LogP contribution in [0, 0.1) is 6.92 Å². The van der Waals surface area contributed by atoms with Gasteiger partial charge in [0.2, 0.25) is 0 Å². The van der Waals surface area contributed by atoms with Gasteiger partial charge in [-0.15, -0.1) is 11.3 Å². The fraction of sp³-hybridized carbons (Fsp3) is 0.412. The molecule has 0 aliphatic carbocycles. The summed E-state index contributed by atoms with van der Waals surface area (Å²) >= 11 is 1.81. The molecule has 0 saturated carbocycles. The Kier molecular flexibility index (Phi) is 4.97. The first-order chi connectivity index (χ1) is 9.52. The number of rotatable bonds is 5. The average Bonchev–Trinajstić information content (AvgIpc) is 2.93. The number of nitrogens with zero attached hydrogens (tertiary/aromatic N) is 1. The van der Waals surface area contributed by atoms with Crippen LogP contribution in [0.2, 0.25) is 0 Å².